The Kier molecular flexibility index (Phi) is 5.69. The maximum Gasteiger partial charge on any atom is 0.236 e. The zero-order valence-corrected chi connectivity index (χ0v) is 18.9. The van der Waals surface area contributed by atoms with Gasteiger partial charge in [-0.15, -0.1) is 0 Å². The number of hydrogen-bond acceptors (Lipinski definition) is 6. The van der Waals surface area contributed by atoms with Gasteiger partial charge in [0, 0.05) is 54.0 Å². The molecule has 2 aromatic heterocycles. The summed E-state index contributed by atoms with van der Waals surface area (Å²) in [4.78, 5) is 17.7. The second-order valence-corrected chi connectivity index (χ2v) is 9.31. The molecule has 5 rings (SSSR count). The largest absolute Gasteiger partial charge is 0.385 e. The predicted molar refractivity (Wildman–Crippen MR) is 123 cm³/mol. The third-order valence-corrected chi connectivity index (χ3v) is 6.60. The van der Waals surface area contributed by atoms with Gasteiger partial charge in [-0.1, -0.05) is 17.0 Å². The minimum absolute atomic E-state index is 0.0285. The number of nitrogens with zero attached hydrogens (tertiary/aromatic N) is 5. The number of imidazole rings is 1. The van der Waals surface area contributed by atoms with E-state index in [1.807, 2.05) is 47.2 Å². The molecule has 2 fully saturated rings. The minimum Gasteiger partial charge on any atom is -0.385 e. The Labute approximate surface area is 197 Å². The van der Waals surface area contributed by atoms with Crippen molar-refractivity contribution in [1.82, 2.24) is 19.6 Å². The summed E-state index contributed by atoms with van der Waals surface area (Å²) in [6, 6.07) is 11.7. The highest BCUT2D eigenvalue weighted by Gasteiger charge is 2.53. The van der Waals surface area contributed by atoms with Gasteiger partial charge < -0.3 is 19.1 Å². The first kappa shape index (κ1) is 21.9. The number of aliphatic hydroxyl groups excluding tert-OH is 1. The summed E-state index contributed by atoms with van der Waals surface area (Å²) in [7, 11) is 0. The Hall–Kier alpha value is -3.88. The number of carbonyl (C=O) groups is 1. The van der Waals surface area contributed by atoms with E-state index in [2.05, 4.69) is 22.0 Å². The summed E-state index contributed by atoms with van der Waals surface area (Å²) in [5.74, 6) is 8.19. The van der Waals surface area contributed by atoms with E-state index in [4.69, 9.17) is 9.78 Å². The molecule has 1 aliphatic heterocycles. The van der Waals surface area contributed by atoms with Crippen molar-refractivity contribution in [2.45, 2.75) is 38.8 Å². The molecule has 1 aliphatic carbocycles. The maximum atomic E-state index is 11.7. The third-order valence-electron chi connectivity index (χ3n) is 6.60. The van der Waals surface area contributed by atoms with Crippen LogP contribution in [-0.2, 0) is 11.3 Å². The number of nitriles is 1. The van der Waals surface area contributed by atoms with Gasteiger partial charge >= 0.3 is 0 Å². The van der Waals surface area contributed by atoms with E-state index >= 15 is 0 Å². The lowest BCUT2D eigenvalue weighted by Gasteiger charge is -2.58. The van der Waals surface area contributed by atoms with E-state index in [-0.39, 0.29) is 17.7 Å². The van der Waals surface area contributed by atoms with Gasteiger partial charge in [0.1, 0.15) is 24.0 Å². The summed E-state index contributed by atoms with van der Waals surface area (Å²) < 4.78 is 7.37. The zero-order chi connectivity index (χ0) is 23.7. The summed E-state index contributed by atoms with van der Waals surface area (Å²) >= 11 is 0. The van der Waals surface area contributed by atoms with Crippen LogP contribution in [0.2, 0.25) is 0 Å². The Bertz CT molecular complexity index is 1290. The van der Waals surface area contributed by atoms with E-state index in [9.17, 15) is 9.90 Å². The highest BCUT2D eigenvalue weighted by Crippen LogP contribution is 2.51. The van der Waals surface area contributed by atoms with Crippen LogP contribution in [-0.4, -0.2) is 43.7 Å². The smallest absolute Gasteiger partial charge is 0.236 e. The van der Waals surface area contributed by atoms with Crippen molar-refractivity contribution in [2.24, 2.45) is 11.3 Å². The van der Waals surface area contributed by atoms with Gasteiger partial charge in [0.15, 0.2) is 5.76 Å². The monoisotopic (exact) mass is 455 g/mol. The molecule has 1 atom stereocenters. The molecule has 1 saturated carbocycles. The molecule has 0 bridgehead atoms. The second kappa shape index (κ2) is 8.81. The van der Waals surface area contributed by atoms with Crippen molar-refractivity contribution in [1.29, 1.82) is 5.26 Å². The first-order chi connectivity index (χ1) is 16.4. The fourth-order valence-corrected chi connectivity index (χ4v) is 4.89. The van der Waals surface area contributed by atoms with E-state index < -0.39 is 6.10 Å². The molecule has 1 N–H and O–H groups in total. The highest BCUT2D eigenvalue weighted by molar-refractivity contribution is 5.79. The fraction of sp³-hybridized carbons (Fsp3) is 0.385. The predicted octanol–water partition coefficient (Wildman–Crippen LogP) is 3.14. The summed E-state index contributed by atoms with van der Waals surface area (Å²) in [5.41, 5.74) is 2.85. The SMILES string of the molecule is C[C@H](O)c1nccn1Cc1cc(-c2ccc(C#CC3CC4(C3)CN(C(=O)CC#N)C4)cc2)on1. The first-order valence-electron chi connectivity index (χ1n) is 11.4. The van der Waals surface area contributed by atoms with Crippen molar-refractivity contribution < 1.29 is 14.4 Å². The van der Waals surface area contributed by atoms with Crippen molar-refractivity contribution in [3.63, 3.8) is 0 Å². The number of rotatable bonds is 5. The van der Waals surface area contributed by atoms with E-state index in [0.717, 1.165) is 42.8 Å². The Morgan fingerprint density at radius 2 is 2.09 bits per heavy atom. The molecule has 3 heterocycles. The summed E-state index contributed by atoms with van der Waals surface area (Å²) in [6.07, 6.45) is 4.82. The van der Waals surface area contributed by atoms with Crippen molar-refractivity contribution in [3.8, 4) is 29.2 Å². The normalized spacial score (nSPS) is 17.3. The molecule has 8 heteroatoms. The van der Waals surface area contributed by atoms with Crippen LogP contribution in [0.15, 0.2) is 47.2 Å². The average molecular weight is 456 g/mol. The summed E-state index contributed by atoms with van der Waals surface area (Å²) in [6.45, 7) is 3.68. The minimum atomic E-state index is -0.650. The van der Waals surface area contributed by atoms with Crippen LogP contribution in [0.5, 0.6) is 0 Å². The lowest BCUT2D eigenvalue weighted by Crippen LogP contribution is -2.63. The number of benzene rings is 1. The van der Waals surface area contributed by atoms with Crippen LogP contribution in [0.1, 0.15) is 49.4 Å². The Morgan fingerprint density at radius 3 is 2.79 bits per heavy atom. The van der Waals surface area contributed by atoms with Gasteiger partial charge in [-0.3, -0.25) is 4.79 Å². The molecule has 34 heavy (non-hydrogen) atoms. The molecule has 8 nitrogen and oxygen atoms in total. The van der Waals surface area contributed by atoms with Gasteiger partial charge in [-0.2, -0.15) is 5.26 Å². The molecule has 0 unspecified atom stereocenters. The Morgan fingerprint density at radius 1 is 1.32 bits per heavy atom. The molecule has 3 aromatic rings. The molecule has 1 amide bonds. The van der Waals surface area contributed by atoms with Crippen molar-refractivity contribution in [3.05, 3.63) is 59.8 Å². The van der Waals surface area contributed by atoms with Crippen LogP contribution in [0.25, 0.3) is 11.3 Å². The number of amides is 1. The van der Waals surface area contributed by atoms with Gasteiger partial charge in [0.05, 0.1) is 12.6 Å². The number of aromatic nitrogens is 3. The van der Waals surface area contributed by atoms with Gasteiger partial charge in [0.2, 0.25) is 5.91 Å². The molecule has 1 spiro atoms. The number of likely N-dealkylation sites (tertiary alicyclic amines) is 1. The van der Waals surface area contributed by atoms with E-state index in [1.165, 1.54) is 0 Å². The highest BCUT2D eigenvalue weighted by atomic mass is 16.5. The molecule has 2 aliphatic rings. The van der Waals surface area contributed by atoms with Gasteiger partial charge in [0.25, 0.3) is 0 Å². The van der Waals surface area contributed by atoms with Gasteiger partial charge in [-0.05, 0) is 44.0 Å². The van der Waals surface area contributed by atoms with Crippen molar-refractivity contribution >= 4 is 5.91 Å². The van der Waals surface area contributed by atoms with Crippen molar-refractivity contribution in [2.75, 3.05) is 13.1 Å². The van der Waals surface area contributed by atoms with Crippen LogP contribution < -0.4 is 0 Å². The average Bonchev–Trinajstić information content (AvgIpc) is 3.42. The van der Waals surface area contributed by atoms with Crippen LogP contribution >= 0.6 is 0 Å². The van der Waals surface area contributed by atoms with Crippen LogP contribution in [0, 0.1) is 34.5 Å². The lowest BCUT2D eigenvalue weighted by atomic mass is 9.58. The standard InChI is InChI=1S/C26H25N5O3/c1-18(32)25-28-10-11-30(25)15-22-12-23(34-29-22)21-6-4-19(5-7-21)2-3-20-13-26(14-20)16-31(17-26)24(33)8-9-27/h4-7,10-12,18,20,32H,8,13-17H2,1H3/t18-/m0/s1. The third kappa shape index (κ3) is 4.33. The maximum absolute atomic E-state index is 11.7. The Balaban J connectivity index is 1.15. The molecule has 1 saturated heterocycles. The first-order valence-corrected chi connectivity index (χ1v) is 11.4. The molecular weight excluding hydrogens is 430 g/mol. The summed E-state index contributed by atoms with van der Waals surface area (Å²) in [5, 5.41) is 22.6. The van der Waals surface area contributed by atoms with Crippen LogP contribution in [0.4, 0.5) is 0 Å². The number of hydrogen-bond donors (Lipinski definition) is 1. The number of carbonyl (C=O) groups excluding carboxylic acids is 1. The quantitative estimate of drug-likeness (QED) is 0.592. The van der Waals surface area contributed by atoms with Gasteiger partial charge in [-0.25, -0.2) is 4.98 Å². The second-order valence-electron chi connectivity index (χ2n) is 9.31. The molecule has 172 valence electrons. The van der Waals surface area contributed by atoms with E-state index in [0.29, 0.717) is 24.0 Å². The molecular formula is C26H25N5O3. The topological polar surface area (TPSA) is 108 Å². The lowest BCUT2D eigenvalue weighted by molar-refractivity contribution is -0.151. The van der Waals surface area contributed by atoms with Crippen LogP contribution in [0.3, 0.4) is 0 Å². The number of aliphatic hydroxyl groups is 1. The fourth-order valence-electron chi connectivity index (χ4n) is 4.89. The zero-order valence-electron chi connectivity index (χ0n) is 18.9. The van der Waals surface area contributed by atoms with E-state index in [1.54, 1.807) is 18.0 Å². The molecule has 1 aromatic carbocycles. The molecule has 0 radical (unpaired) electrons.